The third-order valence-electron chi connectivity index (χ3n) is 4.92. The Bertz CT molecular complexity index is 925. The van der Waals surface area contributed by atoms with Gasteiger partial charge in [-0.05, 0) is 12.8 Å². The van der Waals surface area contributed by atoms with E-state index in [-0.39, 0.29) is 17.9 Å². The number of carbonyl (C=O) groups is 1. The van der Waals surface area contributed by atoms with E-state index in [1.165, 1.54) is 0 Å². The predicted octanol–water partition coefficient (Wildman–Crippen LogP) is -0.388. The second kappa shape index (κ2) is 7.33. The standard InChI is InChI=1S/C17H23N9O/c18-3-4-20-17(27)13-2-1-10(6-21-13)14-5-15(19)26-16(25-14)12(9-24-26)11-7-22-23-8-11/h5,7-10,13,21H,1-4,6,18-19H2,(H,20,27)(H,22,23)/t10-,13-/m0/s1. The summed E-state index contributed by atoms with van der Waals surface area (Å²) in [6, 6.07) is 1.67. The summed E-state index contributed by atoms with van der Waals surface area (Å²) >= 11 is 0. The lowest BCUT2D eigenvalue weighted by Gasteiger charge is -2.29. The Kier molecular flexibility index (Phi) is 4.73. The van der Waals surface area contributed by atoms with Crippen LogP contribution in [0.15, 0.2) is 24.7 Å². The number of nitrogens with zero attached hydrogens (tertiary/aromatic N) is 4. The Balaban J connectivity index is 1.55. The number of nitrogen functional groups attached to an aromatic ring is 1. The van der Waals surface area contributed by atoms with Crippen LogP contribution in [0, 0.1) is 0 Å². The zero-order valence-corrected chi connectivity index (χ0v) is 14.9. The van der Waals surface area contributed by atoms with Crippen molar-refractivity contribution in [2.75, 3.05) is 25.4 Å². The lowest BCUT2D eigenvalue weighted by Crippen LogP contribution is -2.49. The molecule has 0 unspecified atom stereocenters. The first-order chi connectivity index (χ1) is 13.2. The van der Waals surface area contributed by atoms with Crippen molar-refractivity contribution in [2.45, 2.75) is 24.8 Å². The Morgan fingerprint density at radius 2 is 2.26 bits per heavy atom. The van der Waals surface area contributed by atoms with E-state index < -0.39 is 0 Å². The van der Waals surface area contributed by atoms with Gasteiger partial charge in [-0.2, -0.15) is 14.7 Å². The average molecular weight is 369 g/mol. The quantitative estimate of drug-likeness (QED) is 0.411. The molecule has 3 aromatic heterocycles. The lowest BCUT2D eigenvalue weighted by molar-refractivity contribution is -0.123. The number of anilines is 1. The van der Waals surface area contributed by atoms with Crippen molar-refractivity contribution >= 4 is 17.4 Å². The van der Waals surface area contributed by atoms with Gasteiger partial charge in [0.2, 0.25) is 5.91 Å². The van der Waals surface area contributed by atoms with E-state index in [1.54, 1.807) is 23.1 Å². The lowest BCUT2D eigenvalue weighted by atomic mass is 9.91. The highest BCUT2D eigenvalue weighted by atomic mass is 16.2. The highest BCUT2D eigenvalue weighted by molar-refractivity contribution is 5.82. The van der Waals surface area contributed by atoms with Crippen LogP contribution in [0.25, 0.3) is 16.8 Å². The topological polar surface area (TPSA) is 152 Å². The molecule has 10 nitrogen and oxygen atoms in total. The molecule has 1 aliphatic rings. The predicted molar refractivity (Wildman–Crippen MR) is 101 cm³/mol. The summed E-state index contributed by atoms with van der Waals surface area (Å²) in [5.74, 6) is 0.718. The smallest absolute Gasteiger partial charge is 0.237 e. The summed E-state index contributed by atoms with van der Waals surface area (Å²) in [6.07, 6.45) is 6.86. The van der Waals surface area contributed by atoms with E-state index in [0.29, 0.717) is 31.1 Å². The first kappa shape index (κ1) is 17.4. The molecule has 27 heavy (non-hydrogen) atoms. The van der Waals surface area contributed by atoms with Gasteiger partial charge in [-0.3, -0.25) is 9.89 Å². The SMILES string of the molecule is NCCNC(=O)[C@@H]1CC[C@H](c2cc(N)n3ncc(-c4cn[nH]c4)c3n2)CN1. The molecule has 2 atom stereocenters. The molecule has 3 aromatic rings. The van der Waals surface area contributed by atoms with E-state index in [4.69, 9.17) is 16.5 Å². The monoisotopic (exact) mass is 369 g/mol. The van der Waals surface area contributed by atoms with Crippen LogP contribution in [0.1, 0.15) is 24.5 Å². The molecule has 10 heteroatoms. The number of H-pyrrole nitrogens is 1. The van der Waals surface area contributed by atoms with Gasteiger partial charge in [-0.25, -0.2) is 4.98 Å². The van der Waals surface area contributed by atoms with E-state index in [9.17, 15) is 4.79 Å². The third-order valence-corrected chi connectivity index (χ3v) is 4.92. The molecule has 4 heterocycles. The van der Waals surface area contributed by atoms with Crippen LogP contribution >= 0.6 is 0 Å². The molecular weight excluding hydrogens is 346 g/mol. The Morgan fingerprint density at radius 1 is 1.37 bits per heavy atom. The molecule has 4 rings (SSSR count). The van der Waals surface area contributed by atoms with Gasteiger partial charge in [-0.15, -0.1) is 0 Å². The van der Waals surface area contributed by atoms with E-state index in [2.05, 4.69) is 25.9 Å². The zero-order chi connectivity index (χ0) is 18.8. The fraction of sp³-hybridized carbons (Fsp3) is 0.412. The molecule has 0 radical (unpaired) electrons. The number of hydrogen-bond donors (Lipinski definition) is 5. The summed E-state index contributed by atoms with van der Waals surface area (Å²) < 4.78 is 1.63. The summed E-state index contributed by atoms with van der Waals surface area (Å²) in [6.45, 7) is 1.60. The second-order valence-corrected chi connectivity index (χ2v) is 6.70. The fourth-order valence-electron chi connectivity index (χ4n) is 3.47. The van der Waals surface area contributed by atoms with Crippen molar-refractivity contribution < 1.29 is 4.79 Å². The van der Waals surface area contributed by atoms with Gasteiger partial charge < -0.3 is 22.1 Å². The summed E-state index contributed by atoms with van der Waals surface area (Å²) in [7, 11) is 0. The first-order valence-corrected chi connectivity index (χ1v) is 9.02. The molecule has 1 amide bonds. The minimum absolute atomic E-state index is 0.000130. The van der Waals surface area contributed by atoms with Gasteiger partial charge >= 0.3 is 0 Å². The Morgan fingerprint density at radius 3 is 2.96 bits per heavy atom. The number of piperidine rings is 1. The number of aromatic amines is 1. The molecule has 0 bridgehead atoms. The van der Waals surface area contributed by atoms with Gasteiger partial charge in [0.05, 0.1) is 24.1 Å². The summed E-state index contributed by atoms with van der Waals surface area (Å²) in [4.78, 5) is 16.9. The van der Waals surface area contributed by atoms with Gasteiger partial charge in [0.1, 0.15) is 5.82 Å². The van der Waals surface area contributed by atoms with Gasteiger partial charge in [-0.1, -0.05) is 0 Å². The van der Waals surface area contributed by atoms with Crippen molar-refractivity contribution in [1.82, 2.24) is 35.4 Å². The fourth-order valence-corrected chi connectivity index (χ4v) is 3.47. The van der Waals surface area contributed by atoms with Crippen molar-refractivity contribution in [2.24, 2.45) is 5.73 Å². The van der Waals surface area contributed by atoms with Gasteiger partial charge in [0.15, 0.2) is 5.65 Å². The largest absolute Gasteiger partial charge is 0.384 e. The molecular formula is C17H23N9O. The minimum atomic E-state index is -0.190. The Hall–Kier alpha value is -2.98. The Labute approximate surface area is 155 Å². The first-order valence-electron chi connectivity index (χ1n) is 9.02. The van der Waals surface area contributed by atoms with E-state index in [1.807, 2.05) is 6.07 Å². The van der Waals surface area contributed by atoms with E-state index >= 15 is 0 Å². The number of amides is 1. The van der Waals surface area contributed by atoms with Crippen molar-refractivity contribution in [1.29, 1.82) is 0 Å². The maximum Gasteiger partial charge on any atom is 0.237 e. The highest BCUT2D eigenvalue weighted by Gasteiger charge is 2.27. The highest BCUT2D eigenvalue weighted by Crippen LogP contribution is 2.29. The number of nitrogens with two attached hydrogens (primary N) is 2. The summed E-state index contributed by atoms with van der Waals surface area (Å²) in [5, 5.41) is 17.3. The third kappa shape index (κ3) is 3.36. The molecule has 1 saturated heterocycles. The van der Waals surface area contributed by atoms with E-state index in [0.717, 1.165) is 29.7 Å². The van der Waals surface area contributed by atoms with Crippen LogP contribution in [0.4, 0.5) is 5.82 Å². The van der Waals surface area contributed by atoms with Gasteiger partial charge in [0, 0.05) is 48.9 Å². The van der Waals surface area contributed by atoms with Crippen molar-refractivity contribution in [3.8, 4) is 11.1 Å². The average Bonchev–Trinajstić information content (AvgIpc) is 3.35. The normalized spacial score (nSPS) is 20.0. The van der Waals surface area contributed by atoms with Crippen LogP contribution in [-0.4, -0.2) is 56.4 Å². The molecule has 1 aliphatic heterocycles. The number of aromatic nitrogens is 5. The number of carbonyl (C=O) groups excluding carboxylic acids is 1. The van der Waals surface area contributed by atoms with Gasteiger partial charge in [0.25, 0.3) is 0 Å². The second-order valence-electron chi connectivity index (χ2n) is 6.70. The molecule has 142 valence electrons. The number of fused-ring (bicyclic) bond motifs is 1. The minimum Gasteiger partial charge on any atom is -0.384 e. The maximum absolute atomic E-state index is 12.1. The summed E-state index contributed by atoms with van der Waals surface area (Å²) in [5.41, 5.74) is 15.0. The van der Waals surface area contributed by atoms with Crippen molar-refractivity contribution in [3.05, 3.63) is 30.4 Å². The molecule has 1 fully saturated rings. The molecule has 0 aliphatic carbocycles. The number of nitrogens with one attached hydrogen (secondary N) is 3. The van der Waals surface area contributed by atoms with Crippen LogP contribution in [-0.2, 0) is 4.79 Å². The zero-order valence-electron chi connectivity index (χ0n) is 14.9. The molecule has 0 saturated carbocycles. The molecule has 0 aromatic carbocycles. The maximum atomic E-state index is 12.1. The van der Waals surface area contributed by atoms with Crippen LogP contribution in [0.5, 0.6) is 0 Å². The molecule has 0 spiro atoms. The van der Waals surface area contributed by atoms with Crippen LogP contribution < -0.4 is 22.1 Å². The molecule has 7 N–H and O–H groups in total. The van der Waals surface area contributed by atoms with Crippen LogP contribution in [0.2, 0.25) is 0 Å². The number of rotatable bonds is 5. The van der Waals surface area contributed by atoms with Crippen LogP contribution in [0.3, 0.4) is 0 Å². The number of hydrogen-bond acceptors (Lipinski definition) is 7. The van der Waals surface area contributed by atoms with Crippen molar-refractivity contribution in [3.63, 3.8) is 0 Å².